The fraction of sp³-hybridized carbons (Fsp3) is 0.571. The van der Waals surface area contributed by atoms with Gasteiger partial charge in [-0.05, 0) is 17.7 Å². The van der Waals surface area contributed by atoms with Crippen LogP contribution in [0.15, 0.2) is 24.3 Å². The number of methoxy groups -OCH3 is 1. The first-order chi connectivity index (χ1) is 9.93. The molecule has 0 spiro atoms. The number of piperazine rings is 1. The maximum absolute atomic E-state index is 12.0. The lowest BCUT2D eigenvalue weighted by Gasteiger charge is -2.35. The highest BCUT2D eigenvalue weighted by Crippen LogP contribution is 2.15. The molecule has 1 saturated heterocycles. The zero-order valence-corrected chi connectivity index (χ0v) is 13.6. The van der Waals surface area contributed by atoms with Gasteiger partial charge in [0.1, 0.15) is 5.75 Å². The number of hydrogen-bond acceptors (Lipinski definition) is 4. The Labute approximate surface area is 127 Å². The summed E-state index contributed by atoms with van der Waals surface area (Å²) in [6.07, 6.45) is 0. The standard InChI is InChI=1S/C14H23N3O3S/c1-15(2)21(18,19)17-10-8-16(9-11-17)12-13-4-6-14(20-3)7-5-13/h4-7H,8-12H2,1-3H3. The van der Waals surface area contributed by atoms with E-state index in [0.29, 0.717) is 13.1 Å². The van der Waals surface area contributed by atoms with Crippen LogP contribution < -0.4 is 4.74 Å². The third-order valence-corrected chi connectivity index (χ3v) is 5.62. The van der Waals surface area contributed by atoms with Crippen LogP contribution in [0.5, 0.6) is 5.75 Å². The minimum Gasteiger partial charge on any atom is -0.497 e. The summed E-state index contributed by atoms with van der Waals surface area (Å²) < 4.78 is 32.0. The molecule has 6 nitrogen and oxygen atoms in total. The van der Waals surface area contributed by atoms with Gasteiger partial charge in [-0.15, -0.1) is 0 Å². The van der Waals surface area contributed by atoms with Crippen LogP contribution in [0.4, 0.5) is 0 Å². The van der Waals surface area contributed by atoms with Gasteiger partial charge in [0.05, 0.1) is 7.11 Å². The van der Waals surface area contributed by atoms with Crippen LogP contribution in [0.1, 0.15) is 5.56 Å². The maximum atomic E-state index is 12.0. The van der Waals surface area contributed by atoms with Crippen molar-refractivity contribution in [2.45, 2.75) is 6.54 Å². The highest BCUT2D eigenvalue weighted by molar-refractivity contribution is 7.86. The van der Waals surface area contributed by atoms with Gasteiger partial charge in [-0.1, -0.05) is 12.1 Å². The lowest BCUT2D eigenvalue weighted by atomic mass is 10.2. The Morgan fingerprint density at radius 1 is 1.10 bits per heavy atom. The predicted octanol–water partition coefficient (Wildman–Crippen LogP) is 0.619. The van der Waals surface area contributed by atoms with Crippen LogP contribution in [0.2, 0.25) is 0 Å². The summed E-state index contributed by atoms with van der Waals surface area (Å²) >= 11 is 0. The van der Waals surface area contributed by atoms with Crippen LogP contribution in [-0.2, 0) is 16.8 Å². The number of rotatable bonds is 5. The van der Waals surface area contributed by atoms with E-state index in [2.05, 4.69) is 4.90 Å². The molecule has 1 aromatic carbocycles. The second-order valence-corrected chi connectivity index (χ2v) is 7.46. The molecule has 1 fully saturated rings. The number of ether oxygens (including phenoxy) is 1. The molecule has 0 aliphatic carbocycles. The van der Waals surface area contributed by atoms with Crippen molar-refractivity contribution >= 4 is 10.2 Å². The highest BCUT2D eigenvalue weighted by atomic mass is 32.2. The molecule has 2 rings (SSSR count). The van der Waals surface area contributed by atoms with Crippen molar-refractivity contribution in [1.82, 2.24) is 13.5 Å². The number of nitrogens with zero attached hydrogens (tertiary/aromatic N) is 3. The highest BCUT2D eigenvalue weighted by Gasteiger charge is 2.28. The van der Waals surface area contributed by atoms with Crippen LogP contribution in [0.3, 0.4) is 0 Å². The third kappa shape index (κ3) is 3.94. The van der Waals surface area contributed by atoms with Gasteiger partial charge in [0, 0.05) is 46.8 Å². The fourth-order valence-corrected chi connectivity index (χ4v) is 3.43. The Morgan fingerprint density at radius 2 is 1.67 bits per heavy atom. The minimum atomic E-state index is -3.28. The summed E-state index contributed by atoms with van der Waals surface area (Å²) in [5.74, 6) is 0.848. The predicted molar refractivity (Wildman–Crippen MR) is 82.5 cm³/mol. The first-order valence-electron chi connectivity index (χ1n) is 6.96. The van der Waals surface area contributed by atoms with Gasteiger partial charge in [0.2, 0.25) is 0 Å². The van der Waals surface area contributed by atoms with Gasteiger partial charge in [0.15, 0.2) is 0 Å². The third-order valence-electron chi connectivity index (χ3n) is 3.68. The molecular weight excluding hydrogens is 290 g/mol. The lowest BCUT2D eigenvalue weighted by molar-refractivity contribution is 0.177. The zero-order chi connectivity index (χ0) is 15.5. The van der Waals surface area contributed by atoms with Gasteiger partial charge in [-0.25, -0.2) is 0 Å². The maximum Gasteiger partial charge on any atom is 0.281 e. The van der Waals surface area contributed by atoms with E-state index in [1.807, 2.05) is 24.3 Å². The SMILES string of the molecule is COc1ccc(CN2CCN(S(=O)(=O)N(C)C)CC2)cc1. The Morgan fingerprint density at radius 3 is 2.14 bits per heavy atom. The number of hydrogen-bond donors (Lipinski definition) is 0. The number of benzene rings is 1. The van der Waals surface area contributed by atoms with E-state index in [1.54, 1.807) is 21.2 Å². The minimum absolute atomic E-state index is 0.538. The van der Waals surface area contributed by atoms with Crippen molar-refractivity contribution in [2.75, 3.05) is 47.4 Å². The smallest absolute Gasteiger partial charge is 0.281 e. The normalized spacial score (nSPS) is 18.1. The molecule has 0 N–H and O–H groups in total. The molecule has 7 heteroatoms. The van der Waals surface area contributed by atoms with Crippen LogP contribution in [-0.4, -0.2) is 69.3 Å². The molecule has 21 heavy (non-hydrogen) atoms. The van der Waals surface area contributed by atoms with Crippen LogP contribution in [0.25, 0.3) is 0 Å². The van der Waals surface area contributed by atoms with Gasteiger partial charge in [-0.3, -0.25) is 4.90 Å². The molecular formula is C14H23N3O3S. The topological polar surface area (TPSA) is 53.1 Å². The van der Waals surface area contributed by atoms with E-state index in [4.69, 9.17) is 4.74 Å². The largest absolute Gasteiger partial charge is 0.497 e. The Hall–Kier alpha value is -1.15. The van der Waals surface area contributed by atoms with Gasteiger partial charge in [0.25, 0.3) is 10.2 Å². The first-order valence-corrected chi connectivity index (χ1v) is 8.36. The van der Waals surface area contributed by atoms with Crippen LogP contribution in [0, 0.1) is 0 Å². The summed E-state index contributed by atoms with van der Waals surface area (Å²) in [7, 11) is 1.51. The average molecular weight is 313 g/mol. The molecule has 0 amide bonds. The Bertz CT molecular complexity index is 549. The Kier molecular flexibility index (Phi) is 5.21. The van der Waals surface area contributed by atoms with Crippen molar-refractivity contribution in [2.24, 2.45) is 0 Å². The lowest BCUT2D eigenvalue weighted by Crippen LogP contribution is -2.51. The van der Waals surface area contributed by atoms with Gasteiger partial charge in [-0.2, -0.15) is 17.0 Å². The van der Waals surface area contributed by atoms with E-state index in [0.717, 1.165) is 25.4 Å². The second-order valence-electron chi connectivity index (χ2n) is 5.31. The van der Waals surface area contributed by atoms with Crippen LogP contribution >= 0.6 is 0 Å². The van der Waals surface area contributed by atoms with Crippen molar-refractivity contribution in [3.63, 3.8) is 0 Å². The molecule has 0 atom stereocenters. The monoisotopic (exact) mass is 313 g/mol. The second kappa shape index (κ2) is 6.74. The van der Waals surface area contributed by atoms with Gasteiger partial charge < -0.3 is 4.74 Å². The van der Waals surface area contributed by atoms with E-state index in [1.165, 1.54) is 14.2 Å². The van der Waals surface area contributed by atoms with Crippen molar-refractivity contribution in [3.8, 4) is 5.75 Å². The molecule has 0 radical (unpaired) electrons. The first kappa shape index (κ1) is 16.2. The molecule has 1 aliphatic heterocycles. The van der Waals surface area contributed by atoms with Crippen molar-refractivity contribution in [1.29, 1.82) is 0 Å². The summed E-state index contributed by atoms with van der Waals surface area (Å²) in [6.45, 7) is 3.41. The van der Waals surface area contributed by atoms with E-state index in [9.17, 15) is 8.42 Å². The molecule has 0 bridgehead atoms. The summed E-state index contributed by atoms with van der Waals surface area (Å²) in [4.78, 5) is 2.27. The molecule has 0 unspecified atom stereocenters. The fourth-order valence-electron chi connectivity index (χ4n) is 2.34. The quantitative estimate of drug-likeness (QED) is 0.800. The molecule has 118 valence electrons. The van der Waals surface area contributed by atoms with E-state index in [-0.39, 0.29) is 0 Å². The van der Waals surface area contributed by atoms with Crippen molar-refractivity contribution < 1.29 is 13.2 Å². The summed E-state index contributed by atoms with van der Waals surface area (Å²) in [5.41, 5.74) is 1.21. The molecule has 1 aromatic rings. The van der Waals surface area contributed by atoms with E-state index >= 15 is 0 Å². The van der Waals surface area contributed by atoms with Gasteiger partial charge >= 0.3 is 0 Å². The summed E-state index contributed by atoms with van der Waals surface area (Å²) in [6, 6.07) is 7.98. The molecule has 0 aromatic heterocycles. The molecule has 0 saturated carbocycles. The molecule has 1 heterocycles. The molecule has 1 aliphatic rings. The summed E-state index contributed by atoms with van der Waals surface area (Å²) in [5, 5.41) is 0. The van der Waals surface area contributed by atoms with Crippen molar-refractivity contribution in [3.05, 3.63) is 29.8 Å². The van der Waals surface area contributed by atoms with E-state index < -0.39 is 10.2 Å². The zero-order valence-electron chi connectivity index (χ0n) is 12.8. The Balaban J connectivity index is 1.89. The average Bonchev–Trinajstić information content (AvgIpc) is 2.48.